The van der Waals surface area contributed by atoms with E-state index in [1.54, 1.807) is 30.5 Å². The summed E-state index contributed by atoms with van der Waals surface area (Å²) in [4.78, 5) is 19.1. The van der Waals surface area contributed by atoms with Gasteiger partial charge in [-0.25, -0.2) is 4.98 Å². The van der Waals surface area contributed by atoms with E-state index in [1.807, 2.05) is 28.1 Å². The maximum Gasteiger partial charge on any atom is 0.272 e. The number of carbonyl (C=O) groups excluding carboxylic acids is 1. The Kier molecular flexibility index (Phi) is 4.91. The number of phenolic OH excluding ortho intramolecular Hbond substituents is 1. The monoisotopic (exact) mass is 365 g/mol. The number of rotatable bonds is 5. The zero-order chi connectivity index (χ0) is 18.6. The summed E-state index contributed by atoms with van der Waals surface area (Å²) >= 11 is 0. The van der Waals surface area contributed by atoms with Crippen molar-refractivity contribution < 1.29 is 9.90 Å². The molecule has 1 saturated heterocycles. The number of piperidine rings is 1. The molecule has 4 rings (SSSR count). The second-order valence-corrected chi connectivity index (χ2v) is 6.92. The molecule has 1 aliphatic rings. The van der Waals surface area contributed by atoms with E-state index in [4.69, 9.17) is 0 Å². The van der Waals surface area contributed by atoms with Gasteiger partial charge in [0, 0.05) is 37.1 Å². The lowest BCUT2D eigenvalue weighted by Crippen LogP contribution is -2.44. The molecule has 1 aliphatic heterocycles. The van der Waals surface area contributed by atoms with Gasteiger partial charge < -0.3 is 14.6 Å². The van der Waals surface area contributed by atoms with Crippen molar-refractivity contribution >= 4 is 5.91 Å². The van der Waals surface area contributed by atoms with Gasteiger partial charge in [-0.05, 0) is 43.9 Å². The summed E-state index contributed by atoms with van der Waals surface area (Å²) in [6.07, 6.45) is 9.61. The number of H-pyrrole nitrogens is 1. The molecule has 1 atom stereocenters. The summed E-state index contributed by atoms with van der Waals surface area (Å²) in [5.41, 5.74) is 1.65. The van der Waals surface area contributed by atoms with Gasteiger partial charge >= 0.3 is 0 Å². The van der Waals surface area contributed by atoms with E-state index < -0.39 is 0 Å². The lowest BCUT2D eigenvalue weighted by atomic mass is 9.98. The number of aromatic hydroxyl groups is 1. The maximum absolute atomic E-state index is 13.1. The molecule has 27 heavy (non-hydrogen) atoms. The minimum atomic E-state index is -0.0282. The van der Waals surface area contributed by atoms with Crippen molar-refractivity contribution in [3.63, 3.8) is 0 Å². The normalized spacial score (nSPS) is 17.2. The number of imidazole rings is 1. The van der Waals surface area contributed by atoms with Gasteiger partial charge in [-0.3, -0.25) is 9.89 Å². The molecule has 140 valence electrons. The summed E-state index contributed by atoms with van der Waals surface area (Å²) in [6.45, 7) is 1.61. The highest BCUT2D eigenvalue weighted by molar-refractivity contribution is 5.93. The van der Waals surface area contributed by atoms with Crippen LogP contribution in [0.25, 0.3) is 11.3 Å². The van der Waals surface area contributed by atoms with Crippen LogP contribution in [0.5, 0.6) is 5.75 Å². The van der Waals surface area contributed by atoms with Crippen molar-refractivity contribution in [2.75, 3.05) is 6.54 Å². The molecule has 1 amide bonds. The van der Waals surface area contributed by atoms with Crippen LogP contribution in [0.1, 0.15) is 36.2 Å². The Morgan fingerprint density at radius 3 is 3.00 bits per heavy atom. The summed E-state index contributed by atoms with van der Waals surface area (Å²) in [5.74, 6) is 0.124. The third-order valence-corrected chi connectivity index (χ3v) is 5.16. The first-order valence-corrected chi connectivity index (χ1v) is 9.33. The third-order valence-electron chi connectivity index (χ3n) is 5.16. The van der Waals surface area contributed by atoms with Crippen LogP contribution in [0.3, 0.4) is 0 Å². The molecule has 7 heteroatoms. The fraction of sp³-hybridized carbons (Fsp3) is 0.350. The third kappa shape index (κ3) is 3.72. The average molecular weight is 365 g/mol. The van der Waals surface area contributed by atoms with Gasteiger partial charge in [0.2, 0.25) is 0 Å². The molecule has 0 saturated carbocycles. The molecule has 2 N–H and O–H groups in total. The van der Waals surface area contributed by atoms with Crippen LogP contribution in [0.2, 0.25) is 0 Å². The van der Waals surface area contributed by atoms with Crippen molar-refractivity contribution in [1.82, 2.24) is 24.6 Å². The van der Waals surface area contributed by atoms with Crippen LogP contribution in [-0.4, -0.2) is 48.2 Å². The molecule has 7 nitrogen and oxygen atoms in total. The molecular weight excluding hydrogens is 342 g/mol. The van der Waals surface area contributed by atoms with Crippen LogP contribution in [-0.2, 0) is 6.54 Å². The number of benzene rings is 1. The van der Waals surface area contributed by atoms with Crippen LogP contribution in [0.15, 0.2) is 49.1 Å². The highest BCUT2D eigenvalue weighted by Gasteiger charge is 2.28. The Morgan fingerprint density at radius 2 is 2.19 bits per heavy atom. The van der Waals surface area contributed by atoms with Crippen LogP contribution < -0.4 is 0 Å². The Bertz CT molecular complexity index is 903. The van der Waals surface area contributed by atoms with E-state index >= 15 is 0 Å². The lowest BCUT2D eigenvalue weighted by molar-refractivity contribution is 0.0589. The van der Waals surface area contributed by atoms with Crippen molar-refractivity contribution in [3.8, 4) is 17.0 Å². The Morgan fingerprint density at radius 1 is 1.30 bits per heavy atom. The number of carbonyl (C=O) groups is 1. The Labute approximate surface area is 157 Å². The molecule has 1 aromatic carbocycles. The number of nitrogens with one attached hydrogen (secondary N) is 1. The number of aromatic amines is 1. The minimum absolute atomic E-state index is 0.0282. The van der Waals surface area contributed by atoms with Crippen LogP contribution in [0.4, 0.5) is 0 Å². The van der Waals surface area contributed by atoms with Crippen molar-refractivity contribution in [2.45, 2.75) is 38.3 Å². The highest BCUT2D eigenvalue weighted by Crippen LogP contribution is 2.28. The first-order chi connectivity index (χ1) is 13.2. The van der Waals surface area contributed by atoms with Crippen molar-refractivity contribution in [3.05, 3.63) is 54.7 Å². The van der Waals surface area contributed by atoms with E-state index in [0.29, 0.717) is 17.0 Å². The molecular formula is C20H23N5O2. The van der Waals surface area contributed by atoms with Gasteiger partial charge in [-0.15, -0.1) is 0 Å². The van der Waals surface area contributed by atoms with Gasteiger partial charge in [-0.1, -0.05) is 12.1 Å². The fourth-order valence-corrected chi connectivity index (χ4v) is 3.70. The minimum Gasteiger partial charge on any atom is -0.507 e. The summed E-state index contributed by atoms with van der Waals surface area (Å²) in [7, 11) is 0. The molecule has 3 heterocycles. The van der Waals surface area contributed by atoms with Gasteiger partial charge in [0.25, 0.3) is 5.91 Å². The fourth-order valence-electron chi connectivity index (χ4n) is 3.70. The zero-order valence-electron chi connectivity index (χ0n) is 15.1. The number of aryl methyl sites for hydroxylation is 1. The van der Waals surface area contributed by atoms with Gasteiger partial charge in [0.1, 0.15) is 11.4 Å². The second kappa shape index (κ2) is 7.65. The molecule has 0 radical (unpaired) electrons. The maximum atomic E-state index is 13.1. The Hall–Kier alpha value is -3.09. The van der Waals surface area contributed by atoms with E-state index in [9.17, 15) is 9.90 Å². The number of hydrogen-bond donors (Lipinski definition) is 2. The standard InChI is InChI=1S/C20H23N5O2/c26-19-7-2-1-6-16(19)17-13-18(23-22-17)20(27)25-10-4-3-5-15(25)8-11-24-12-9-21-14-24/h1-2,6-7,9,12-15,26H,3-5,8,10-11H2,(H,22,23)/t15-/m1/s1. The number of nitrogens with zero attached hydrogens (tertiary/aromatic N) is 4. The first kappa shape index (κ1) is 17.3. The average Bonchev–Trinajstić information content (AvgIpc) is 3.38. The lowest BCUT2D eigenvalue weighted by Gasteiger charge is -2.35. The molecule has 3 aromatic rings. The Balaban J connectivity index is 1.49. The number of amides is 1. The van der Waals surface area contributed by atoms with Crippen LogP contribution >= 0.6 is 0 Å². The van der Waals surface area contributed by atoms with Crippen molar-refractivity contribution in [1.29, 1.82) is 0 Å². The predicted molar refractivity (Wildman–Crippen MR) is 101 cm³/mol. The number of hydrogen-bond acceptors (Lipinski definition) is 4. The number of likely N-dealkylation sites (tertiary alicyclic amines) is 1. The summed E-state index contributed by atoms with van der Waals surface area (Å²) in [5, 5.41) is 17.1. The van der Waals surface area contributed by atoms with E-state index in [2.05, 4.69) is 15.2 Å². The second-order valence-electron chi connectivity index (χ2n) is 6.92. The topological polar surface area (TPSA) is 87.0 Å². The van der Waals surface area contributed by atoms with Gasteiger partial charge in [0.15, 0.2) is 0 Å². The van der Waals surface area contributed by atoms with Gasteiger partial charge in [-0.2, -0.15) is 5.10 Å². The highest BCUT2D eigenvalue weighted by atomic mass is 16.3. The largest absolute Gasteiger partial charge is 0.507 e. The predicted octanol–water partition coefficient (Wildman–Crippen LogP) is 3.06. The van der Waals surface area contributed by atoms with Gasteiger partial charge in [0.05, 0.1) is 12.0 Å². The van der Waals surface area contributed by atoms with Crippen LogP contribution in [0, 0.1) is 0 Å². The smallest absolute Gasteiger partial charge is 0.272 e. The molecule has 0 aliphatic carbocycles. The van der Waals surface area contributed by atoms with E-state index in [1.165, 1.54) is 0 Å². The van der Waals surface area contributed by atoms with E-state index in [-0.39, 0.29) is 17.7 Å². The zero-order valence-corrected chi connectivity index (χ0v) is 15.1. The first-order valence-electron chi connectivity index (χ1n) is 9.33. The molecule has 1 fully saturated rings. The number of para-hydroxylation sites is 1. The summed E-state index contributed by atoms with van der Waals surface area (Å²) < 4.78 is 2.05. The number of phenols is 1. The van der Waals surface area contributed by atoms with E-state index in [0.717, 1.165) is 38.8 Å². The molecule has 2 aromatic heterocycles. The molecule has 0 bridgehead atoms. The van der Waals surface area contributed by atoms with Crippen molar-refractivity contribution in [2.24, 2.45) is 0 Å². The summed E-state index contributed by atoms with van der Waals surface area (Å²) in [6, 6.07) is 8.93. The molecule has 0 spiro atoms. The SMILES string of the molecule is O=C(c1cc(-c2ccccc2O)n[nH]1)N1CCCC[C@@H]1CCn1ccnc1. The molecule has 0 unspecified atom stereocenters. The number of aromatic nitrogens is 4. The quantitative estimate of drug-likeness (QED) is 0.727.